The van der Waals surface area contributed by atoms with E-state index in [0.717, 1.165) is 38.4 Å². The van der Waals surface area contributed by atoms with Gasteiger partial charge in [-0.25, -0.2) is 0 Å². The second-order valence-corrected chi connectivity index (χ2v) is 5.77. The fraction of sp³-hybridized carbons (Fsp3) is 0.562. The van der Waals surface area contributed by atoms with Gasteiger partial charge in [0.05, 0.1) is 11.6 Å². The van der Waals surface area contributed by atoms with Crippen LogP contribution in [-0.4, -0.2) is 23.5 Å². The molecular formula is C16H19F3N2. The number of nitrogens with zero attached hydrogens (tertiary/aromatic N) is 2. The van der Waals surface area contributed by atoms with Crippen LogP contribution in [0.5, 0.6) is 0 Å². The molecule has 1 fully saturated rings. The van der Waals surface area contributed by atoms with Crippen molar-refractivity contribution in [2.45, 2.75) is 44.3 Å². The molecule has 0 aliphatic carbocycles. The smallest absolute Gasteiger partial charge is 0.285 e. The van der Waals surface area contributed by atoms with Crippen LogP contribution in [0.15, 0.2) is 24.3 Å². The number of hydrogen-bond acceptors (Lipinski definition) is 2. The van der Waals surface area contributed by atoms with Gasteiger partial charge in [0, 0.05) is 6.42 Å². The lowest BCUT2D eigenvalue weighted by atomic mass is 9.88. The van der Waals surface area contributed by atoms with Gasteiger partial charge in [-0.3, -0.25) is 4.90 Å². The number of alkyl halides is 3. The molecule has 0 amide bonds. The van der Waals surface area contributed by atoms with Crippen LogP contribution in [0.25, 0.3) is 0 Å². The van der Waals surface area contributed by atoms with E-state index in [0.29, 0.717) is 0 Å². The van der Waals surface area contributed by atoms with Gasteiger partial charge in [0.15, 0.2) is 0 Å². The summed E-state index contributed by atoms with van der Waals surface area (Å²) in [5.41, 5.74) is -1.33. The van der Waals surface area contributed by atoms with Crippen molar-refractivity contribution < 1.29 is 13.2 Å². The largest absolute Gasteiger partial charge is 0.416 e. The van der Waals surface area contributed by atoms with E-state index in [2.05, 4.69) is 6.07 Å². The molecule has 1 aliphatic rings. The molecule has 0 radical (unpaired) electrons. The van der Waals surface area contributed by atoms with E-state index < -0.39 is 17.3 Å². The summed E-state index contributed by atoms with van der Waals surface area (Å²) in [5.74, 6) is 0. The summed E-state index contributed by atoms with van der Waals surface area (Å²) in [4.78, 5) is 2.02. The zero-order valence-corrected chi connectivity index (χ0v) is 12.1. The Hall–Kier alpha value is -1.54. The highest BCUT2D eigenvalue weighted by Crippen LogP contribution is 2.34. The van der Waals surface area contributed by atoms with Crippen molar-refractivity contribution in [3.63, 3.8) is 0 Å². The molecule has 1 saturated heterocycles. The van der Waals surface area contributed by atoms with Crippen molar-refractivity contribution in [1.82, 2.24) is 4.90 Å². The minimum atomic E-state index is -4.38. The third-order valence-electron chi connectivity index (χ3n) is 4.15. The average Bonchev–Trinajstić information content (AvgIpc) is 2.47. The van der Waals surface area contributed by atoms with E-state index in [1.807, 2.05) is 4.90 Å². The second-order valence-electron chi connectivity index (χ2n) is 5.77. The topological polar surface area (TPSA) is 27.0 Å². The van der Waals surface area contributed by atoms with E-state index in [1.165, 1.54) is 12.1 Å². The Morgan fingerprint density at radius 2 is 1.76 bits per heavy atom. The lowest BCUT2D eigenvalue weighted by Gasteiger charge is -2.39. The molecule has 5 heteroatoms. The van der Waals surface area contributed by atoms with Crippen molar-refractivity contribution in [1.29, 1.82) is 5.26 Å². The molecule has 1 unspecified atom stereocenters. The summed E-state index contributed by atoms with van der Waals surface area (Å²) in [5, 5.41) is 9.52. The summed E-state index contributed by atoms with van der Waals surface area (Å²) in [6.07, 6.45) is -1.17. The molecule has 2 rings (SSSR count). The first-order valence-corrected chi connectivity index (χ1v) is 7.18. The molecule has 0 bridgehead atoms. The Labute approximate surface area is 123 Å². The molecule has 1 heterocycles. The lowest BCUT2D eigenvalue weighted by molar-refractivity contribution is -0.138. The molecule has 0 N–H and O–H groups in total. The number of halogens is 3. The molecule has 114 valence electrons. The number of hydrogen-bond donors (Lipinski definition) is 0. The highest BCUT2D eigenvalue weighted by molar-refractivity contribution is 5.32. The molecule has 0 saturated carbocycles. The third kappa shape index (κ3) is 3.56. The molecule has 1 aliphatic heterocycles. The standard InChI is InChI=1S/C16H19F3N2/c1-15(12-20,21-9-5-2-6-10-21)11-13-7-3-4-8-14(13)16(17,18)19/h3-4,7-8H,2,5-6,9-11H2,1H3. The molecule has 1 aromatic carbocycles. The highest BCUT2D eigenvalue weighted by atomic mass is 19.4. The average molecular weight is 296 g/mol. The minimum absolute atomic E-state index is 0.0964. The predicted molar refractivity (Wildman–Crippen MR) is 74.6 cm³/mol. The lowest BCUT2D eigenvalue weighted by Crippen LogP contribution is -2.49. The zero-order valence-electron chi connectivity index (χ0n) is 12.1. The van der Waals surface area contributed by atoms with Gasteiger partial charge in [-0.15, -0.1) is 0 Å². The van der Waals surface area contributed by atoms with Gasteiger partial charge in [0.25, 0.3) is 0 Å². The van der Waals surface area contributed by atoms with Crippen molar-refractivity contribution in [2.24, 2.45) is 0 Å². The minimum Gasteiger partial charge on any atom is -0.285 e. The van der Waals surface area contributed by atoms with Crippen LogP contribution in [0.4, 0.5) is 13.2 Å². The number of likely N-dealkylation sites (tertiary alicyclic amines) is 1. The first-order chi connectivity index (χ1) is 9.87. The van der Waals surface area contributed by atoms with Crippen molar-refractivity contribution >= 4 is 0 Å². The summed E-state index contributed by atoms with van der Waals surface area (Å²) >= 11 is 0. The zero-order chi connectivity index (χ0) is 15.5. The van der Waals surface area contributed by atoms with Gasteiger partial charge < -0.3 is 0 Å². The maximum absolute atomic E-state index is 13.1. The first-order valence-electron chi connectivity index (χ1n) is 7.18. The van der Waals surface area contributed by atoms with Crippen LogP contribution in [0.3, 0.4) is 0 Å². The molecular weight excluding hydrogens is 277 g/mol. The predicted octanol–water partition coefficient (Wildman–Crippen LogP) is 4.02. The molecule has 1 atom stereocenters. The number of piperidine rings is 1. The maximum Gasteiger partial charge on any atom is 0.416 e. The fourth-order valence-corrected chi connectivity index (χ4v) is 2.93. The Bertz CT molecular complexity index is 527. The first kappa shape index (κ1) is 15.8. The van der Waals surface area contributed by atoms with Crippen LogP contribution in [0.2, 0.25) is 0 Å². The summed E-state index contributed by atoms with van der Waals surface area (Å²) in [6, 6.07) is 7.78. The van der Waals surface area contributed by atoms with Crippen LogP contribution < -0.4 is 0 Å². The van der Waals surface area contributed by atoms with Gasteiger partial charge in [-0.05, 0) is 44.5 Å². The number of rotatable bonds is 3. The summed E-state index contributed by atoms with van der Waals surface area (Å²) in [6.45, 7) is 3.29. The van der Waals surface area contributed by atoms with E-state index in [-0.39, 0.29) is 12.0 Å². The van der Waals surface area contributed by atoms with Gasteiger partial charge in [-0.2, -0.15) is 18.4 Å². The maximum atomic E-state index is 13.1. The fourth-order valence-electron chi connectivity index (χ4n) is 2.93. The molecule has 0 aromatic heterocycles. The van der Waals surface area contributed by atoms with E-state index in [1.54, 1.807) is 13.0 Å². The van der Waals surface area contributed by atoms with Gasteiger partial charge in [0.2, 0.25) is 0 Å². The summed E-state index contributed by atoms with van der Waals surface area (Å²) in [7, 11) is 0. The van der Waals surface area contributed by atoms with Crippen LogP contribution in [0, 0.1) is 11.3 Å². The Kier molecular flexibility index (Phi) is 4.58. The van der Waals surface area contributed by atoms with E-state index >= 15 is 0 Å². The van der Waals surface area contributed by atoms with Crippen molar-refractivity contribution in [2.75, 3.05) is 13.1 Å². The van der Waals surface area contributed by atoms with Gasteiger partial charge >= 0.3 is 6.18 Å². The highest BCUT2D eigenvalue weighted by Gasteiger charge is 2.38. The van der Waals surface area contributed by atoms with Crippen LogP contribution >= 0.6 is 0 Å². The van der Waals surface area contributed by atoms with E-state index in [4.69, 9.17) is 0 Å². The Morgan fingerprint density at radius 3 is 2.33 bits per heavy atom. The Balaban J connectivity index is 2.29. The summed E-state index contributed by atoms with van der Waals surface area (Å²) < 4.78 is 39.2. The van der Waals surface area contributed by atoms with Crippen molar-refractivity contribution in [3.05, 3.63) is 35.4 Å². The molecule has 0 spiro atoms. The molecule has 21 heavy (non-hydrogen) atoms. The number of benzene rings is 1. The molecule has 1 aromatic rings. The van der Waals surface area contributed by atoms with Gasteiger partial charge in [0.1, 0.15) is 5.54 Å². The third-order valence-corrected chi connectivity index (χ3v) is 4.15. The van der Waals surface area contributed by atoms with E-state index in [9.17, 15) is 18.4 Å². The van der Waals surface area contributed by atoms with Crippen molar-refractivity contribution in [3.8, 4) is 6.07 Å². The van der Waals surface area contributed by atoms with Crippen LogP contribution in [-0.2, 0) is 12.6 Å². The SMILES string of the molecule is CC(C#N)(Cc1ccccc1C(F)(F)F)N1CCCCC1. The second kappa shape index (κ2) is 6.07. The van der Waals surface area contributed by atoms with Crippen LogP contribution in [0.1, 0.15) is 37.3 Å². The quantitative estimate of drug-likeness (QED) is 0.842. The van der Waals surface area contributed by atoms with Gasteiger partial charge in [-0.1, -0.05) is 24.6 Å². The Morgan fingerprint density at radius 1 is 1.14 bits per heavy atom. The normalized spacial score (nSPS) is 19.8. The molecule has 2 nitrogen and oxygen atoms in total. The monoisotopic (exact) mass is 296 g/mol. The number of nitriles is 1.